The lowest BCUT2D eigenvalue weighted by atomic mass is 10.0. The van der Waals surface area contributed by atoms with Crippen LogP contribution in [0, 0.1) is 0 Å². The van der Waals surface area contributed by atoms with E-state index in [4.69, 9.17) is 5.11 Å². The van der Waals surface area contributed by atoms with E-state index in [2.05, 4.69) is 10.6 Å². The molecule has 2 aliphatic rings. The van der Waals surface area contributed by atoms with Crippen molar-refractivity contribution in [3.63, 3.8) is 0 Å². The van der Waals surface area contributed by atoms with Crippen LogP contribution in [-0.2, 0) is 25.7 Å². The maximum Gasteiger partial charge on any atom is 0.374 e. The maximum absolute atomic E-state index is 13.1. The van der Waals surface area contributed by atoms with Crippen molar-refractivity contribution in [1.29, 1.82) is 0 Å². The summed E-state index contributed by atoms with van der Waals surface area (Å²) in [5.41, 5.74) is 1.13. The molecule has 0 spiro atoms. The molecule has 154 valence electrons. The highest BCUT2D eigenvalue weighted by Crippen LogP contribution is 2.29. The Hall–Kier alpha value is -3.37. The smallest absolute Gasteiger partial charge is 0.374 e. The number of imide groups is 1. The van der Waals surface area contributed by atoms with Crippen LogP contribution in [0.1, 0.15) is 41.6 Å². The standard InChI is InChI=1S/C18H17F2N3O6/c19-18(20,17(28)29)6-5-14(25)21-10-1-2-11-9(7-10)8-23(16(11)27)12-3-4-13(24)22-15(12)26/h1-2,7,12H,3-6,8H2,(H,21,25)(H,28,29)(H,22,24,26). The van der Waals surface area contributed by atoms with Gasteiger partial charge in [0.15, 0.2) is 0 Å². The molecule has 2 aliphatic heterocycles. The molecule has 3 rings (SSSR count). The molecule has 1 unspecified atom stereocenters. The minimum Gasteiger partial charge on any atom is -0.477 e. The van der Waals surface area contributed by atoms with Crippen molar-refractivity contribution < 1.29 is 37.9 Å². The summed E-state index contributed by atoms with van der Waals surface area (Å²) >= 11 is 0. The number of carbonyl (C=O) groups excluding carboxylic acids is 4. The highest BCUT2D eigenvalue weighted by Gasteiger charge is 2.40. The normalized spacial score (nSPS) is 19.0. The zero-order valence-electron chi connectivity index (χ0n) is 15.0. The van der Waals surface area contributed by atoms with Gasteiger partial charge in [-0.05, 0) is 30.2 Å². The van der Waals surface area contributed by atoms with Gasteiger partial charge in [-0.25, -0.2) is 4.79 Å². The Morgan fingerprint density at radius 3 is 2.66 bits per heavy atom. The number of carboxylic acids is 1. The van der Waals surface area contributed by atoms with Crippen LogP contribution in [0.2, 0.25) is 0 Å². The van der Waals surface area contributed by atoms with Gasteiger partial charge < -0.3 is 15.3 Å². The van der Waals surface area contributed by atoms with Gasteiger partial charge in [-0.2, -0.15) is 8.78 Å². The van der Waals surface area contributed by atoms with E-state index in [1.165, 1.54) is 23.1 Å². The van der Waals surface area contributed by atoms with E-state index in [1.54, 1.807) is 0 Å². The van der Waals surface area contributed by atoms with Crippen LogP contribution in [0.5, 0.6) is 0 Å². The van der Waals surface area contributed by atoms with Crippen molar-refractivity contribution in [2.24, 2.45) is 0 Å². The number of aliphatic carboxylic acids is 1. The third kappa shape index (κ3) is 4.23. The average molecular weight is 409 g/mol. The van der Waals surface area contributed by atoms with E-state index < -0.39 is 48.5 Å². The van der Waals surface area contributed by atoms with Crippen LogP contribution in [0.3, 0.4) is 0 Å². The van der Waals surface area contributed by atoms with E-state index >= 15 is 0 Å². The van der Waals surface area contributed by atoms with Gasteiger partial charge in [-0.3, -0.25) is 24.5 Å². The van der Waals surface area contributed by atoms with Crippen LogP contribution in [0.15, 0.2) is 18.2 Å². The predicted molar refractivity (Wildman–Crippen MR) is 92.9 cm³/mol. The van der Waals surface area contributed by atoms with Gasteiger partial charge in [0.2, 0.25) is 17.7 Å². The lowest BCUT2D eigenvalue weighted by molar-refractivity contribution is -0.165. The molecule has 1 aromatic carbocycles. The second kappa shape index (κ2) is 7.57. The van der Waals surface area contributed by atoms with Crippen molar-refractivity contribution in [3.8, 4) is 0 Å². The maximum atomic E-state index is 13.1. The number of carbonyl (C=O) groups is 5. The summed E-state index contributed by atoms with van der Waals surface area (Å²) in [6, 6.07) is 3.58. The van der Waals surface area contributed by atoms with Crippen LogP contribution < -0.4 is 10.6 Å². The number of piperidine rings is 1. The fourth-order valence-corrected chi connectivity index (χ4v) is 3.25. The van der Waals surface area contributed by atoms with Gasteiger partial charge >= 0.3 is 11.9 Å². The first-order valence-corrected chi connectivity index (χ1v) is 8.77. The Labute approximate surface area is 163 Å². The Kier molecular flexibility index (Phi) is 5.31. The highest BCUT2D eigenvalue weighted by molar-refractivity contribution is 6.05. The van der Waals surface area contributed by atoms with E-state index in [1.807, 2.05) is 0 Å². The predicted octanol–water partition coefficient (Wildman–Crippen LogP) is 0.886. The zero-order valence-corrected chi connectivity index (χ0v) is 15.0. The number of nitrogens with zero attached hydrogens (tertiary/aromatic N) is 1. The van der Waals surface area contributed by atoms with Crippen molar-refractivity contribution in [2.45, 2.75) is 44.2 Å². The molecule has 29 heavy (non-hydrogen) atoms. The molecular formula is C18H17F2N3O6. The first-order valence-electron chi connectivity index (χ1n) is 8.77. The monoisotopic (exact) mass is 409 g/mol. The first-order chi connectivity index (χ1) is 13.6. The molecule has 0 bridgehead atoms. The summed E-state index contributed by atoms with van der Waals surface area (Å²) in [5, 5.41) is 13.0. The average Bonchev–Trinajstić information content (AvgIpc) is 2.96. The summed E-state index contributed by atoms with van der Waals surface area (Å²) in [4.78, 5) is 59.4. The van der Waals surface area contributed by atoms with Gasteiger partial charge in [0.25, 0.3) is 5.91 Å². The van der Waals surface area contributed by atoms with E-state index in [0.29, 0.717) is 11.1 Å². The molecule has 1 fully saturated rings. The second-order valence-corrected chi connectivity index (χ2v) is 6.83. The van der Waals surface area contributed by atoms with Gasteiger partial charge in [0.1, 0.15) is 6.04 Å². The van der Waals surface area contributed by atoms with E-state index in [9.17, 15) is 32.8 Å². The number of hydrogen-bond donors (Lipinski definition) is 3. The number of anilines is 1. The Balaban J connectivity index is 1.65. The fraction of sp³-hybridized carbons (Fsp3) is 0.389. The number of rotatable bonds is 6. The summed E-state index contributed by atoms with van der Waals surface area (Å²) in [6.45, 7) is 0.0985. The van der Waals surface area contributed by atoms with Crippen molar-refractivity contribution >= 4 is 35.3 Å². The third-order valence-corrected chi connectivity index (χ3v) is 4.79. The summed E-state index contributed by atoms with van der Waals surface area (Å²) in [6.07, 6.45) is -1.50. The van der Waals surface area contributed by atoms with Crippen molar-refractivity contribution in [2.75, 3.05) is 5.32 Å². The number of fused-ring (bicyclic) bond motifs is 1. The van der Waals surface area contributed by atoms with Crippen LogP contribution in [0.4, 0.5) is 14.5 Å². The van der Waals surface area contributed by atoms with Crippen LogP contribution in [0.25, 0.3) is 0 Å². The number of alkyl halides is 2. The molecular weight excluding hydrogens is 392 g/mol. The molecule has 2 heterocycles. The topological polar surface area (TPSA) is 133 Å². The molecule has 0 radical (unpaired) electrons. The van der Waals surface area contributed by atoms with Crippen molar-refractivity contribution in [1.82, 2.24) is 10.2 Å². The number of hydrogen-bond acceptors (Lipinski definition) is 5. The largest absolute Gasteiger partial charge is 0.477 e. The number of carboxylic acid groups (broad SMARTS) is 1. The minimum absolute atomic E-state index is 0.0985. The molecule has 1 aromatic rings. The molecule has 0 aromatic heterocycles. The number of benzene rings is 1. The Morgan fingerprint density at radius 2 is 2.00 bits per heavy atom. The van der Waals surface area contributed by atoms with E-state index in [-0.39, 0.29) is 31.0 Å². The van der Waals surface area contributed by atoms with Gasteiger partial charge in [-0.1, -0.05) is 0 Å². The molecule has 0 saturated carbocycles. The second-order valence-electron chi connectivity index (χ2n) is 6.83. The zero-order chi connectivity index (χ0) is 21.3. The van der Waals surface area contributed by atoms with Gasteiger partial charge in [-0.15, -0.1) is 0 Å². The third-order valence-electron chi connectivity index (χ3n) is 4.79. The number of halogens is 2. The van der Waals surface area contributed by atoms with Crippen LogP contribution in [-0.4, -0.2) is 51.6 Å². The quantitative estimate of drug-likeness (QED) is 0.598. The molecule has 1 saturated heterocycles. The summed E-state index contributed by atoms with van der Waals surface area (Å²) < 4.78 is 26.1. The SMILES string of the molecule is O=C1CCC(N2Cc3cc(NC(=O)CCC(F)(F)C(=O)O)ccc3C2=O)C(=O)N1. The molecule has 0 aliphatic carbocycles. The minimum atomic E-state index is -4.00. The van der Waals surface area contributed by atoms with Gasteiger partial charge in [0, 0.05) is 37.1 Å². The molecule has 9 nitrogen and oxygen atoms in total. The summed E-state index contributed by atoms with van der Waals surface area (Å²) in [7, 11) is 0. The van der Waals surface area contributed by atoms with Crippen molar-refractivity contribution in [3.05, 3.63) is 29.3 Å². The first kappa shape index (κ1) is 20.4. The van der Waals surface area contributed by atoms with Crippen LogP contribution >= 0.6 is 0 Å². The van der Waals surface area contributed by atoms with E-state index in [0.717, 1.165) is 0 Å². The van der Waals surface area contributed by atoms with Gasteiger partial charge in [0.05, 0.1) is 0 Å². The Bertz CT molecular complexity index is 917. The Morgan fingerprint density at radius 1 is 1.28 bits per heavy atom. The fourth-order valence-electron chi connectivity index (χ4n) is 3.25. The number of nitrogens with one attached hydrogen (secondary N) is 2. The highest BCUT2D eigenvalue weighted by atomic mass is 19.3. The molecule has 4 amide bonds. The molecule has 11 heteroatoms. The summed E-state index contributed by atoms with van der Waals surface area (Å²) in [5.74, 6) is -8.41. The number of amides is 4. The lowest BCUT2D eigenvalue weighted by Gasteiger charge is -2.29. The lowest BCUT2D eigenvalue weighted by Crippen LogP contribution is -2.52. The molecule has 3 N–H and O–H groups in total. The molecule has 1 atom stereocenters.